The molecule has 140 valence electrons. The number of halogens is 1. The Morgan fingerprint density at radius 3 is 2.74 bits per heavy atom. The first kappa shape index (κ1) is 18.8. The Labute approximate surface area is 161 Å². The van der Waals surface area contributed by atoms with Crippen LogP contribution in [-0.4, -0.2) is 23.3 Å². The smallest absolute Gasteiger partial charge is 0.288 e. The molecule has 2 amide bonds. The highest BCUT2D eigenvalue weighted by atomic mass is 35.5. The Kier molecular flexibility index (Phi) is 5.41. The van der Waals surface area contributed by atoms with Gasteiger partial charge in [-0.25, -0.2) is 0 Å². The van der Waals surface area contributed by atoms with Crippen molar-refractivity contribution >= 4 is 40.5 Å². The van der Waals surface area contributed by atoms with Gasteiger partial charge in [0.2, 0.25) is 5.91 Å². The SMILES string of the molecule is CCCN1C(=O)CCc2cc(NC(=O)c3ccc(Cl)c([N+](=O)[O-])c3)ccc21. The van der Waals surface area contributed by atoms with Crippen molar-refractivity contribution in [1.82, 2.24) is 0 Å². The van der Waals surface area contributed by atoms with Crippen molar-refractivity contribution < 1.29 is 14.5 Å². The third-order valence-corrected chi connectivity index (χ3v) is 4.71. The number of fused-ring (bicyclic) bond motifs is 1. The molecular weight excluding hydrogens is 370 g/mol. The van der Waals surface area contributed by atoms with Crippen molar-refractivity contribution in [3.63, 3.8) is 0 Å². The highest BCUT2D eigenvalue weighted by Gasteiger charge is 2.24. The Bertz CT molecular complexity index is 929. The lowest BCUT2D eigenvalue weighted by Gasteiger charge is -2.29. The number of nitrogens with zero attached hydrogens (tertiary/aromatic N) is 2. The quantitative estimate of drug-likeness (QED) is 0.615. The minimum atomic E-state index is -0.628. The molecule has 0 aliphatic carbocycles. The molecule has 0 fully saturated rings. The van der Waals surface area contributed by atoms with E-state index in [9.17, 15) is 19.7 Å². The van der Waals surface area contributed by atoms with Crippen molar-refractivity contribution in [1.29, 1.82) is 0 Å². The van der Waals surface area contributed by atoms with E-state index in [0.29, 0.717) is 25.1 Å². The van der Waals surface area contributed by atoms with Crippen molar-refractivity contribution in [2.24, 2.45) is 0 Å². The summed E-state index contributed by atoms with van der Waals surface area (Å²) in [6.07, 6.45) is 1.91. The van der Waals surface area contributed by atoms with E-state index in [2.05, 4.69) is 5.32 Å². The minimum Gasteiger partial charge on any atom is -0.322 e. The van der Waals surface area contributed by atoms with Crippen LogP contribution in [-0.2, 0) is 11.2 Å². The van der Waals surface area contributed by atoms with E-state index in [1.54, 1.807) is 11.0 Å². The molecular formula is C19H18ClN3O4. The summed E-state index contributed by atoms with van der Waals surface area (Å²) in [5.41, 5.74) is 2.26. The van der Waals surface area contributed by atoms with Crippen LogP contribution in [0.15, 0.2) is 36.4 Å². The predicted octanol–water partition coefficient (Wildman–Crippen LogP) is 4.19. The largest absolute Gasteiger partial charge is 0.322 e. The average Bonchev–Trinajstić information content (AvgIpc) is 2.64. The number of aryl methyl sites for hydroxylation is 1. The van der Waals surface area contributed by atoms with Crippen molar-refractivity contribution in [2.75, 3.05) is 16.8 Å². The second kappa shape index (κ2) is 7.75. The van der Waals surface area contributed by atoms with Gasteiger partial charge in [0.1, 0.15) is 5.02 Å². The van der Waals surface area contributed by atoms with Gasteiger partial charge < -0.3 is 10.2 Å². The van der Waals surface area contributed by atoms with Crippen LogP contribution in [0.4, 0.5) is 17.1 Å². The first-order valence-corrected chi connectivity index (χ1v) is 8.97. The molecule has 0 atom stereocenters. The molecule has 0 radical (unpaired) electrons. The first-order chi connectivity index (χ1) is 12.9. The van der Waals surface area contributed by atoms with Crippen LogP contribution < -0.4 is 10.2 Å². The highest BCUT2D eigenvalue weighted by Crippen LogP contribution is 2.31. The second-order valence-corrected chi connectivity index (χ2v) is 6.67. The van der Waals surface area contributed by atoms with E-state index in [0.717, 1.165) is 23.7 Å². The van der Waals surface area contributed by atoms with Gasteiger partial charge >= 0.3 is 0 Å². The fourth-order valence-corrected chi connectivity index (χ4v) is 3.29. The Balaban J connectivity index is 1.83. The molecule has 7 nitrogen and oxygen atoms in total. The summed E-state index contributed by atoms with van der Waals surface area (Å²) in [6, 6.07) is 9.30. The fraction of sp³-hybridized carbons (Fsp3) is 0.263. The van der Waals surface area contributed by atoms with Gasteiger partial charge in [-0.05, 0) is 48.7 Å². The van der Waals surface area contributed by atoms with Gasteiger partial charge in [-0.1, -0.05) is 18.5 Å². The van der Waals surface area contributed by atoms with Crippen molar-refractivity contribution in [3.8, 4) is 0 Å². The van der Waals surface area contributed by atoms with Gasteiger partial charge in [0.25, 0.3) is 11.6 Å². The van der Waals surface area contributed by atoms with Crippen molar-refractivity contribution in [2.45, 2.75) is 26.2 Å². The maximum atomic E-state index is 12.4. The summed E-state index contributed by atoms with van der Waals surface area (Å²) in [5, 5.41) is 13.7. The molecule has 1 N–H and O–H groups in total. The van der Waals surface area contributed by atoms with Gasteiger partial charge in [0.05, 0.1) is 4.92 Å². The number of nitrogens with one attached hydrogen (secondary N) is 1. The zero-order chi connectivity index (χ0) is 19.6. The summed E-state index contributed by atoms with van der Waals surface area (Å²) in [4.78, 5) is 36.7. The second-order valence-electron chi connectivity index (χ2n) is 6.27. The van der Waals surface area contributed by atoms with Crippen LogP contribution in [0, 0.1) is 10.1 Å². The first-order valence-electron chi connectivity index (χ1n) is 8.59. The van der Waals surface area contributed by atoms with Crippen molar-refractivity contribution in [3.05, 3.63) is 62.7 Å². The molecule has 0 bridgehead atoms. The number of hydrogen-bond acceptors (Lipinski definition) is 4. The van der Waals surface area contributed by atoms with Gasteiger partial charge in [0.15, 0.2) is 0 Å². The lowest BCUT2D eigenvalue weighted by Crippen LogP contribution is -2.35. The van der Waals surface area contributed by atoms with Gasteiger partial charge in [-0.15, -0.1) is 0 Å². The van der Waals surface area contributed by atoms with Crippen LogP contribution in [0.3, 0.4) is 0 Å². The maximum Gasteiger partial charge on any atom is 0.288 e. The highest BCUT2D eigenvalue weighted by molar-refractivity contribution is 6.32. The number of nitro groups is 1. The Hall–Kier alpha value is -2.93. The predicted molar refractivity (Wildman–Crippen MR) is 103 cm³/mol. The van der Waals surface area contributed by atoms with E-state index in [4.69, 9.17) is 11.6 Å². The molecule has 1 aliphatic heterocycles. The summed E-state index contributed by atoms with van der Waals surface area (Å²) >= 11 is 5.78. The Morgan fingerprint density at radius 2 is 2.04 bits per heavy atom. The summed E-state index contributed by atoms with van der Waals surface area (Å²) in [6.45, 7) is 2.67. The van der Waals surface area contributed by atoms with Crippen LogP contribution in [0.25, 0.3) is 0 Å². The lowest BCUT2D eigenvalue weighted by molar-refractivity contribution is -0.384. The molecule has 3 rings (SSSR count). The standard InChI is InChI=1S/C19H18ClN3O4/c1-2-9-22-16-7-5-14(10-12(16)4-8-18(22)24)21-19(25)13-3-6-15(20)17(11-13)23(26)27/h3,5-7,10-11H,2,4,8-9H2,1H3,(H,21,25). The normalized spacial score (nSPS) is 13.3. The molecule has 0 aromatic heterocycles. The van der Waals surface area contributed by atoms with Gasteiger partial charge in [-0.2, -0.15) is 0 Å². The molecule has 0 saturated heterocycles. The van der Waals surface area contributed by atoms with E-state index >= 15 is 0 Å². The minimum absolute atomic E-state index is 0.0222. The van der Waals surface area contributed by atoms with E-state index in [1.165, 1.54) is 12.1 Å². The topological polar surface area (TPSA) is 92.6 Å². The lowest BCUT2D eigenvalue weighted by atomic mass is 10.00. The van der Waals surface area contributed by atoms with Crippen LogP contribution in [0.1, 0.15) is 35.7 Å². The van der Waals surface area contributed by atoms with Gasteiger partial charge in [-0.3, -0.25) is 19.7 Å². The zero-order valence-corrected chi connectivity index (χ0v) is 15.5. The summed E-state index contributed by atoms with van der Waals surface area (Å²) in [5.74, 6) is -0.360. The molecule has 0 spiro atoms. The third-order valence-electron chi connectivity index (χ3n) is 4.39. The van der Waals surface area contributed by atoms with E-state index < -0.39 is 10.8 Å². The molecule has 1 heterocycles. The molecule has 2 aromatic rings. The number of rotatable bonds is 5. The molecule has 1 aliphatic rings. The molecule has 27 heavy (non-hydrogen) atoms. The number of anilines is 2. The number of benzene rings is 2. The summed E-state index contributed by atoms with van der Waals surface area (Å²) < 4.78 is 0. The van der Waals surface area contributed by atoms with Crippen LogP contribution >= 0.6 is 11.6 Å². The van der Waals surface area contributed by atoms with Gasteiger partial charge in [0, 0.05) is 36.0 Å². The number of hydrogen-bond donors (Lipinski definition) is 1. The number of amides is 2. The number of carbonyl (C=O) groups excluding carboxylic acids is 2. The molecule has 0 unspecified atom stereocenters. The maximum absolute atomic E-state index is 12.4. The monoisotopic (exact) mass is 387 g/mol. The van der Waals surface area contributed by atoms with Crippen LogP contribution in [0.5, 0.6) is 0 Å². The van der Waals surface area contributed by atoms with E-state index in [1.807, 2.05) is 19.1 Å². The molecule has 8 heteroatoms. The van der Waals surface area contributed by atoms with E-state index in [-0.39, 0.29) is 22.2 Å². The fourth-order valence-electron chi connectivity index (χ4n) is 3.10. The molecule has 0 saturated carbocycles. The Morgan fingerprint density at radius 1 is 1.26 bits per heavy atom. The number of nitro benzene ring substituents is 1. The molecule has 2 aromatic carbocycles. The van der Waals surface area contributed by atoms with Crippen LogP contribution in [0.2, 0.25) is 5.02 Å². The average molecular weight is 388 g/mol. The third kappa shape index (κ3) is 3.93. The zero-order valence-electron chi connectivity index (χ0n) is 14.7. The number of carbonyl (C=O) groups is 2. The summed E-state index contributed by atoms with van der Waals surface area (Å²) in [7, 11) is 0.